The molecule has 0 amide bonds. The van der Waals surface area contributed by atoms with E-state index in [1.54, 1.807) is 0 Å². The monoisotopic (exact) mass is 188 g/mol. The van der Waals surface area contributed by atoms with Crippen LogP contribution >= 0.6 is 0 Å². The molecular formula is C13H16O. The molecule has 2 atom stereocenters. The topological polar surface area (TPSA) is 9.23 Å². The van der Waals surface area contributed by atoms with Gasteiger partial charge in [0.25, 0.3) is 0 Å². The van der Waals surface area contributed by atoms with Crippen molar-refractivity contribution in [2.24, 2.45) is 5.92 Å². The van der Waals surface area contributed by atoms with Crippen LogP contribution in [0.4, 0.5) is 0 Å². The lowest BCUT2D eigenvalue weighted by Crippen LogP contribution is -2.21. The fourth-order valence-electron chi connectivity index (χ4n) is 2.06. The summed E-state index contributed by atoms with van der Waals surface area (Å²) in [5.41, 5.74) is 2.50. The van der Waals surface area contributed by atoms with Crippen LogP contribution in [0.15, 0.2) is 42.5 Å². The van der Waals surface area contributed by atoms with Crippen molar-refractivity contribution in [1.82, 2.24) is 0 Å². The highest BCUT2D eigenvalue weighted by molar-refractivity contribution is 5.20. The molecule has 0 unspecified atom stereocenters. The summed E-state index contributed by atoms with van der Waals surface area (Å²) in [5, 5.41) is 0. The summed E-state index contributed by atoms with van der Waals surface area (Å²) in [6, 6.07) is 10.4. The Bertz CT molecular complexity index is 315. The molecule has 0 spiro atoms. The Morgan fingerprint density at radius 1 is 1.29 bits per heavy atom. The first-order valence-corrected chi connectivity index (χ1v) is 5.10. The summed E-state index contributed by atoms with van der Waals surface area (Å²) in [6.45, 7) is 6.90. The van der Waals surface area contributed by atoms with Crippen LogP contribution < -0.4 is 0 Å². The molecule has 1 heterocycles. The Kier molecular flexibility index (Phi) is 2.69. The van der Waals surface area contributed by atoms with E-state index in [4.69, 9.17) is 4.74 Å². The highest BCUT2D eigenvalue weighted by Gasteiger charge is 2.24. The predicted octanol–water partition coefficient (Wildman–Crippen LogP) is 3.34. The minimum Gasteiger partial charge on any atom is -0.369 e. The van der Waals surface area contributed by atoms with Gasteiger partial charge >= 0.3 is 0 Å². The van der Waals surface area contributed by atoms with E-state index in [2.05, 4.69) is 37.8 Å². The van der Waals surface area contributed by atoms with Crippen molar-refractivity contribution in [2.45, 2.75) is 19.4 Å². The van der Waals surface area contributed by atoms with E-state index < -0.39 is 0 Å². The minimum atomic E-state index is 0.252. The maximum absolute atomic E-state index is 5.79. The molecule has 1 heteroatoms. The first kappa shape index (κ1) is 9.47. The maximum atomic E-state index is 5.79. The van der Waals surface area contributed by atoms with Crippen LogP contribution in [0.25, 0.3) is 0 Å². The van der Waals surface area contributed by atoms with Crippen LogP contribution in [0.5, 0.6) is 0 Å². The van der Waals surface area contributed by atoms with Gasteiger partial charge in [0.1, 0.15) is 0 Å². The van der Waals surface area contributed by atoms with Gasteiger partial charge in [-0.2, -0.15) is 0 Å². The van der Waals surface area contributed by atoms with Crippen molar-refractivity contribution in [2.75, 3.05) is 6.61 Å². The third-order valence-corrected chi connectivity index (χ3v) is 2.72. The third kappa shape index (κ3) is 1.88. The zero-order valence-corrected chi connectivity index (χ0v) is 8.57. The smallest absolute Gasteiger partial charge is 0.0857 e. The normalized spacial score (nSPS) is 27.6. The molecule has 1 aliphatic rings. The first-order chi connectivity index (χ1) is 6.77. The molecule has 74 valence electrons. The standard InChI is InChI=1S/C13H16O/c1-10-8-11(2)13(14-9-10)12-6-4-3-5-7-12/h3-7,11,13H,1,8-9H2,2H3/t11-,13-/m1/s1. The second-order valence-corrected chi connectivity index (χ2v) is 4.07. The first-order valence-electron chi connectivity index (χ1n) is 5.10. The zero-order valence-electron chi connectivity index (χ0n) is 8.57. The van der Waals surface area contributed by atoms with Gasteiger partial charge < -0.3 is 4.74 Å². The fraction of sp³-hybridized carbons (Fsp3) is 0.385. The van der Waals surface area contributed by atoms with Gasteiger partial charge in [0.05, 0.1) is 12.7 Å². The Morgan fingerprint density at radius 2 is 2.00 bits per heavy atom. The maximum Gasteiger partial charge on any atom is 0.0857 e. The molecule has 14 heavy (non-hydrogen) atoms. The Hall–Kier alpha value is -1.08. The van der Waals surface area contributed by atoms with E-state index in [0.717, 1.165) is 6.42 Å². The van der Waals surface area contributed by atoms with Crippen molar-refractivity contribution in [3.05, 3.63) is 48.0 Å². The fourth-order valence-corrected chi connectivity index (χ4v) is 2.06. The van der Waals surface area contributed by atoms with Gasteiger partial charge in [-0.1, -0.05) is 49.4 Å². The lowest BCUT2D eigenvalue weighted by molar-refractivity contribution is 0.00500. The SMILES string of the molecule is C=C1CO[C@@H](c2ccccc2)[C@H](C)C1. The van der Waals surface area contributed by atoms with Gasteiger partial charge in [0.15, 0.2) is 0 Å². The second kappa shape index (κ2) is 3.97. The van der Waals surface area contributed by atoms with E-state index in [9.17, 15) is 0 Å². The van der Waals surface area contributed by atoms with Crippen LogP contribution in [0.2, 0.25) is 0 Å². The molecule has 0 aliphatic carbocycles. The molecule has 0 saturated carbocycles. The summed E-state index contributed by atoms with van der Waals surface area (Å²) in [4.78, 5) is 0. The van der Waals surface area contributed by atoms with Crippen LogP contribution in [0, 0.1) is 5.92 Å². The van der Waals surface area contributed by atoms with Crippen LogP contribution in [-0.2, 0) is 4.74 Å². The van der Waals surface area contributed by atoms with Gasteiger partial charge in [-0.15, -0.1) is 0 Å². The molecule has 1 aromatic rings. The molecule has 0 bridgehead atoms. The zero-order chi connectivity index (χ0) is 9.97. The lowest BCUT2D eigenvalue weighted by Gasteiger charge is -2.30. The van der Waals surface area contributed by atoms with Crippen LogP contribution in [-0.4, -0.2) is 6.61 Å². The number of ether oxygens (including phenoxy) is 1. The van der Waals surface area contributed by atoms with Gasteiger partial charge in [-0.05, 0) is 17.9 Å². The summed E-state index contributed by atoms with van der Waals surface area (Å²) >= 11 is 0. The summed E-state index contributed by atoms with van der Waals surface area (Å²) in [6.07, 6.45) is 1.33. The molecular weight excluding hydrogens is 172 g/mol. The highest BCUT2D eigenvalue weighted by atomic mass is 16.5. The summed E-state index contributed by atoms with van der Waals surface area (Å²) in [5.74, 6) is 0.540. The van der Waals surface area contributed by atoms with Crippen molar-refractivity contribution >= 4 is 0 Å². The number of rotatable bonds is 1. The van der Waals surface area contributed by atoms with E-state index in [-0.39, 0.29) is 6.10 Å². The second-order valence-electron chi connectivity index (χ2n) is 4.07. The third-order valence-electron chi connectivity index (χ3n) is 2.72. The molecule has 2 rings (SSSR count). The van der Waals surface area contributed by atoms with Crippen LogP contribution in [0.1, 0.15) is 25.0 Å². The van der Waals surface area contributed by atoms with Gasteiger partial charge in [-0.3, -0.25) is 0 Å². The molecule has 0 radical (unpaired) electrons. The highest BCUT2D eigenvalue weighted by Crippen LogP contribution is 2.34. The molecule has 1 aliphatic heterocycles. The lowest BCUT2D eigenvalue weighted by atomic mass is 9.89. The molecule has 1 saturated heterocycles. The Labute approximate surface area is 85.4 Å². The van der Waals surface area contributed by atoms with E-state index in [0.29, 0.717) is 12.5 Å². The molecule has 0 N–H and O–H groups in total. The summed E-state index contributed by atoms with van der Waals surface area (Å²) < 4.78 is 5.79. The van der Waals surface area contributed by atoms with E-state index >= 15 is 0 Å². The van der Waals surface area contributed by atoms with Gasteiger partial charge in [0.2, 0.25) is 0 Å². The van der Waals surface area contributed by atoms with Crippen molar-refractivity contribution in [1.29, 1.82) is 0 Å². The average molecular weight is 188 g/mol. The molecule has 1 aromatic carbocycles. The van der Waals surface area contributed by atoms with E-state index in [1.165, 1.54) is 11.1 Å². The molecule has 0 aromatic heterocycles. The minimum absolute atomic E-state index is 0.252. The molecule has 1 nitrogen and oxygen atoms in total. The molecule has 1 fully saturated rings. The Morgan fingerprint density at radius 3 is 2.64 bits per heavy atom. The van der Waals surface area contributed by atoms with Crippen molar-refractivity contribution < 1.29 is 4.74 Å². The van der Waals surface area contributed by atoms with E-state index in [1.807, 2.05) is 6.07 Å². The Balaban J connectivity index is 2.16. The largest absolute Gasteiger partial charge is 0.369 e. The number of benzene rings is 1. The number of hydrogen-bond donors (Lipinski definition) is 0. The predicted molar refractivity (Wildman–Crippen MR) is 58.1 cm³/mol. The summed E-state index contributed by atoms with van der Waals surface area (Å²) in [7, 11) is 0. The number of hydrogen-bond acceptors (Lipinski definition) is 1. The van der Waals surface area contributed by atoms with Crippen molar-refractivity contribution in [3.63, 3.8) is 0 Å². The van der Waals surface area contributed by atoms with Gasteiger partial charge in [0, 0.05) is 0 Å². The van der Waals surface area contributed by atoms with Crippen molar-refractivity contribution in [3.8, 4) is 0 Å². The quantitative estimate of drug-likeness (QED) is 0.614. The average Bonchev–Trinajstić information content (AvgIpc) is 2.19. The van der Waals surface area contributed by atoms with Gasteiger partial charge in [-0.25, -0.2) is 0 Å². The van der Waals surface area contributed by atoms with Crippen LogP contribution in [0.3, 0.4) is 0 Å².